The highest BCUT2D eigenvalue weighted by molar-refractivity contribution is 6.53. The van der Waals surface area contributed by atoms with E-state index in [-0.39, 0.29) is 31.2 Å². The van der Waals surface area contributed by atoms with E-state index in [0.717, 1.165) is 57.6 Å². The van der Waals surface area contributed by atoms with Gasteiger partial charge in [0.05, 0.1) is 64.5 Å². The molecule has 2 N–H and O–H groups in total. The van der Waals surface area contributed by atoms with Gasteiger partial charge in [-0.1, -0.05) is 94.9 Å². The zero-order chi connectivity index (χ0) is 49.0. The Morgan fingerprint density at radius 3 is 1.41 bits per heavy atom. The van der Waals surface area contributed by atoms with E-state index in [4.69, 9.17) is 79.6 Å². The van der Waals surface area contributed by atoms with Crippen LogP contribution in [0.1, 0.15) is 89.8 Å². The fourth-order valence-electron chi connectivity index (χ4n) is 8.19. The number of cyclic esters (lactones) is 1. The second-order valence-corrected chi connectivity index (χ2v) is 17.4. The summed E-state index contributed by atoms with van der Waals surface area (Å²) in [6.45, 7) is 16.2. The monoisotopic (exact) mass is 1000 g/mol. The number of esters is 1. The van der Waals surface area contributed by atoms with Gasteiger partial charge in [0.25, 0.3) is 0 Å². The number of benzene rings is 5. The van der Waals surface area contributed by atoms with Gasteiger partial charge in [-0.2, -0.15) is 0 Å². The predicted octanol–water partition coefficient (Wildman–Crippen LogP) is 14.0. The van der Waals surface area contributed by atoms with Crippen molar-refractivity contribution in [3.8, 4) is 23.0 Å². The van der Waals surface area contributed by atoms with Crippen molar-refractivity contribution in [1.29, 1.82) is 0 Å². The zero-order valence-electron chi connectivity index (χ0n) is 39.9. The molecule has 0 bridgehead atoms. The molecule has 0 saturated heterocycles. The van der Waals surface area contributed by atoms with Crippen molar-refractivity contribution in [2.45, 2.75) is 60.0 Å². The van der Waals surface area contributed by atoms with Crippen molar-refractivity contribution in [3.05, 3.63) is 150 Å². The maximum Gasteiger partial charge on any atom is 0.341 e. The third kappa shape index (κ3) is 11.5. The van der Waals surface area contributed by atoms with E-state index in [0.29, 0.717) is 86.9 Å². The molecule has 1 aliphatic rings. The van der Waals surface area contributed by atoms with Crippen LogP contribution in [0.2, 0.25) is 20.1 Å². The highest BCUT2D eigenvalue weighted by Gasteiger charge is 2.48. The fourth-order valence-corrected chi connectivity index (χ4v) is 9.27. The van der Waals surface area contributed by atoms with E-state index in [1.165, 1.54) is 0 Å². The molecular weight excluding hydrogens is 946 g/mol. The molecule has 0 spiro atoms. The Hall–Kier alpha value is -5.07. The summed E-state index contributed by atoms with van der Waals surface area (Å²) in [5.74, 6) is 1.90. The Kier molecular flexibility index (Phi) is 18.8. The highest BCUT2D eigenvalue weighted by Crippen LogP contribution is 2.55. The van der Waals surface area contributed by atoms with E-state index >= 15 is 0 Å². The number of methoxy groups -OCH3 is 2. The van der Waals surface area contributed by atoms with Crippen LogP contribution in [0.3, 0.4) is 0 Å². The average molecular weight is 1010 g/mol. The van der Waals surface area contributed by atoms with Crippen molar-refractivity contribution in [3.63, 3.8) is 0 Å². The van der Waals surface area contributed by atoms with E-state index in [1.807, 2.05) is 126 Å². The maximum atomic E-state index is 14.7. The SMILES string of the molecule is CCOCCCNc1c(C(=CC2(C=C(c3ccc(OC)cc3)c3ccc(C)c(OCC)c3NCCCOCC)OC(=O)c3c(Cl)c(Cl)c(Cl)c(Cl)c32)c2ccc(OC)cc2)ccc(C)c1OCC. The number of halogens is 4. The molecule has 0 atom stereocenters. The van der Waals surface area contributed by atoms with Gasteiger partial charge >= 0.3 is 5.97 Å². The molecule has 0 saturated carbocycles. The second kappa shape index (κ2) is 24.5. The summed E-state index contributed by atoms with van der Waals surface area (Å²) in [6.07, 6.45) is 5.25. The zero-order valence-corrected chi connectivity index (χ0v) is 43.0. The normalized spacial score (nSPS) is 14.7. The molecule has 0 radical (unpaired) electrons. The van der Waals surface area contributed by atoms with Crippen LogP contribution in [0.15, 0.2) is 84.9 Å². The first kappa shape index (κ1) is 52.3. The lowest BCUT2D eigenvalue weighted by Gasteiger charge is -2.29. The Morgan fingerprint density at radius 2 is 1.01 bits per heavy atom. The minimum atomic E-state index is -1.82. The molecule has 362 valence electrons. The smallest absolute Gasteiger partial charge is 0.341 e. The first-order valence-electron chi connectivity index (χ1n) is 22.9. The van der Waals surface area contributed by atoms with Crippen LogP contribution in [0.5, 0.6) is 23.0 Å². The molecule has 6 rings (SSSR count). The molecule has 5 aromatic carbocycles. The fraction of sp³-hybridized carbons (Fsp3) is 0.352. The Balaban J connectivity index is 1.79. The number of ether oxygens (including phenoxy) is 7. The predicted molar refractivity (Wildman–Crippen MR) is 278 cm³/mol. The van der Waals surface area contributed by atoms with Gasteiger partial charge < -0.3 is 43.8 Å². The van der Waals surface area contributed by atoms with Crippen LogP contribution in [0, 0.1) is 13.8 Å². The average Bonchev–Trinajstić information content (AvgIpc) is 3.64. The van der Waals surface area contributed by atoms with Gasteiger partial charge in [-0.05, 0) is 124 Å². The topological polar surface area (TPSA) is 106 Å². The summed E-state index contributed by atoms with van der Waals surface area (Å²) in [5.41, 5.74) is 6.01. The standard InChI is InChI=1S/C54H60Cl4N2O8/c1-9-64-29-13-27-59-49-39(25-15-33(5)51(49)66-11-3)41(35-17-21-37(62-7)22-18-35)31-54(44-43(53(61)68-54)45(55)47(57)48(58)46(44)56)32-42(36-19-23-38(63-8)24-20-36)40-26-16-34(6)52(67-12-4)50(40)60-28-14-30-65-10-2/h15-26,31-32,59-60H,9-14,27-30H2,1-8H3. The first-order chi connectivity index (χ1) is 32.9. The van der Waals surface area contributed by atoms with Crippen molar-refractivity contribution in [1.82, 2.24) is 0 Å². The van der Waals surface area contributed by atoms with E-state index < -0.39 is 11.6 Å². The largest absolute Gasteiger partial charge is 0.497 e. The molecule has 0 aliphatic carbocycles. The van der Waals surface area contributed by atoms with Crippen molar-refractivity contribution >= 4 is 74.9 Å². The van der Waals surface area contributed by atoms with Crippen molar-refractivity contribution < 1.29 is 38.0 Å². The number of nitrogens with one attached hydrogen (secondary N) is 2. The summed E-state index contributed by atoms with van der Waals surface area (Å²) in [7, 11) is 3.23. The lowest BCUT2D eigenvalue weighted by Crippen LogP contribution is -2.23. The Bertz CT molecular complexity index is 2480. The lowest BCUT2D eigenvalue weighted by molar-refractivity contribution is 0.0300. The van der Waals surface area contributed by atoms with E-state index in [2.05, 4.69) is 10.6 Å². The molecule has 1 aliphatic heterocycles. The molecule has 0 fully saturated rings. The summed E-state index contributed by atoms with van der Waals surface area (Å²) < 4.78 is 42.3. The minimum absolute atomic E-state index is 0.000975. The van der Waals surface area contributed by atoms with Gasteiger partial charge in [-0.3, -0.25) is 0 Å². The van der Waals surface area contributed by atoms with Crippen LogP contribution in [-0.2, 0) is 19.8 Å². The summed E-state index contributed by atoms with van der Waals surface area (Å²) in [4.78, 5) is 14.7. The molecule has 14 heteroatoms. The number of fused-ring (bicyclic) bond motifs is 1. The molecular formula is C54H60Cl4N2O8. The van der Waals surface area contributed by atoms with Gasteiger partial charge in [0.1, 0.15) is 23.0 Å². The molecule has 0 unspecified atom stereocenters. The van der Waals surface area contributed by atoms with Crippen molar-refractivity contribution in [2.24, 2.45) is 0 Å². The number of rotatable bonds is 24. The number of hydrogen-bond donors (Lipinski definition) is 2. The van der Waals surface area contributed by atoms with Gasteiger partial charge in [-0.25, -0.2) is 4.79 Å². The highest BCUT2D eigenvalue weighted by atomic mass is 35.5. The minimum Gasteiger partial charge on any atom is -0.497 e. The Labute approximate surface area is 420 Å². The van der Waals surface area contributed by atoms with E-state index in [1.54, 1.807) is 14.2 Å². The van der Waals surface area contributed by atoms with Crippen LogP contribution in [0.25, 0.3) is 11.1 Å². The molecule has 1 heterocycles. The van der Waals surface area contributed by atoms with E-state index in [9.17, 15) is 4.79 Å². The van der Waals surface area contributed by atoms with Gasteiger partial charge in [0, 0.05) is 56.2 Å². The Morgan fingerprint density at radius 1 is 0.588 bits per heavy atom. The molecule has 68 heavy (non-hydrogen) atoms. The molecule has 0 aromatic heterocycles. The third-order valence-electron chi connectivity index (χ3n) is 11.5. The summed E-state index contributed by atoms with van der Waals surface area (Å²) >= 11 is 28.1. The molecule has 10 nitrogen and oxygen atoms in total. The molecule has 5 aromatic rings. The lowest BCUT2D eigenvalue weighted by atomic mass is 9.82. The number of anilines is 2. The quantitative estimate of drug-likeness (QED) is 0.0269. The van der Waals surface area contributed by atoms with Gasteiger partial charge in [-0.15, -0.1) is 0 Å². The number of carbonyl (C=O) groups is 1. The second-order valence-electron chi connectivity index (χ2n) is 15.9. The summed E-state index contributed by atoms with van der Waals surface area (Å²) in [5, 5.41) is 7.18. The van der Waals surface area contributed by atoms with Crippen LogP contribution >= 0.6 is 46.4 Å². The van der Waals surface area contributed by atoms with Gasteiger partial charge in [0.2, 0.25) is 0 Å². The van der Waals surface area contributed by atoms with Crippen LogP contribution in [-0.4, -0.2) is 72.9 Å². The third-order valence-corrected chi connectivity index (χ3v) is 13.3. The van der Waals surface area contributed by atoms with Crippen molar-refractivity contribution in [2.75, 3.05) is 77.6 Å². The molecule has 0 amide bonds. The number of carbonyl (C=O) groups excluding carboxylic acids is 1. The first-order valence-corrected chi connectivity index (χ1v) is 24.4. The maximum absolute atomic E-state index is 14.7. The number of aryl methyl sites for hydroxylation is 2. The van der Waals surface area contributed by atoms with Gasteiger partial charge in [0.15, 0.2) is 5.60 Å². The van der Waals surface area contributed by atoms with Crippen LogP contribution in [0.4, 0.5) is 11.4 Å². The number of hydrogen-bond acceptors (Lipinski definition) is 10. The van der Waals surface area contributed by atoms with Crippen LogP contribution < -0.4 is 29.6 Å². The summed E-state index contributed by atoms with van der Waals surface area (Å²) in [6, 6.07) is 23.4.